The molecule has 0 bridgehead atoms. The summed E-state index contributed by atoms with van der Waals surface area (Å²) < 4.78 is 4.66. The summed E-state index contributed by atoms with van der Waals surface area (Å²) in [6, 6.07) is 14.7. The maximum atomic E-state index is 11.8. The number of nitrogens with one attached hydrogen (secondary N) is 2. The van der Waals surface area contributed by atoms with Crippen molar-refractivity contribution in [3.63, 3.8) is 0 Å². The fourth-order valence-electron chi connectivity index (χ4n) is 3.85. The minimum atomic E-state index is -1.17. The number of esters is 1. The van der Waals surface area contributed by atoms with Gasteiger partial charge in [0, 0.05) is 35.6 Å². The normalized spacial score (nSPS) is 10.6. The molecule has 0 heterocycles. The number of carboxylic acids is 1. The fraction of sp³-hybridized carbons (Fsp3) is 0.0370. The van der Waals surface area contributed by atoms with Crippen molar-refractivity contribution in [2.75, 3.05) is 17.7 Å². The van der Waals surface area contributed by atoms with E-state index in [0.717, 1.165) is 0 Å². The summed E-state index contributed by atoms with van der Waals surface area (Å²) >= 11 is 0. The number of hydrogen-bond donors (Lipinski definition) is 8. The zero-order valence-corrected chi connectivity index (χ0v) is 19.8. The Hall–Kier alpha value is -5.58. The summed E-state index contributed by atoms with van der Waals surface area (Å²) in [6.45, 7) is 0. The standard InChI is InChI=1S/C27H22N2O9/c1-38-27(37)13-6-7-19(30)18(8-13)29-15-11-22(33)25(23(34)12-15)24-20(31)9-14(10-21(24)32)28-17-5-3-2-4-16(17)26(35)36/h2-12,28-34H,1H3,(H,35,36). The Morgan fingerprint density at radius 3 is 1.66 bits per heavy atom. The summed E-state index contributed by atoms with van der Waals surface area (Å²) in [5, 5.41) is 67.7. The Morgan fingerprint density at radius 1 is 0.658 bits per heavy atom. The number of carbonyl (C=O) groups is 2. The Labute approximate surface area is 215 Å². The highest BCUT2D eigenvalue weighted by molar-refractivity contribution is 5.96. The van der Waals surface area contributed by atoms with Crippen molar-refractivity contribution >= 4 is 34.7 Å². The Bertz CT molecular complexity index is 1520. The van der Waals surface area contributed by atoms with Gasteiger partial charge in [0.2, 0.25) is 0 Å². The first kappa shape index (κ1) is 25.5. The first-order valence-electron chi connectivity index (χ1n) is 11.0. The molecule has 0 saturated heterocycles. The monoisotopic (exact) mass is 518 g/mol. The molecule has 0 amide bonds. The van der Waals surface area contributed by atoms with Gasteiger partial charge in [-0.3, -0.25) is 0 Å². The quantitative estimate of drug-likeness (QED) is 0.123. The van der Waals surface area contributed by atoms with E-state index in [1.165, 1.54) is 61.7 Å². The van der Waals surface area contributed by atoms with Gasteiger partial charge in [-0.2, -0.15) is 0 Å². The molecule has 4 rings (SSSR count). The van der Waals surface area contributed by atoms with Crippen LogP contribution in [0.15, 0.2) is 66.7 Å². The van der Waals surface area contributed by atoms with Gasteiger partial charge in [0.1, 0.15) is 28.7 Å². The first-order valence-corrected chi connectivity index (χ1v) is 11.0. The molecule has 0 spiro atoms. The number of phenolic OH excluding ortho intramolecular Hbond substituents is 5. The molecule has 38 heavy (non-hydrogen) atoms. The SMILES string of the molecule is COC(=O)c1ccc(O)c(Nc2cc(O)c(-c3c(O)cc(Nc4ccccc4C(=O)O)cc3O)c(O)c2)c1. The average molecular weight is 518 g/mol. The molecule has 0 unspecified atom stereocenters. The lowest BCUT2D eigenvalue weighted by atomic mass is 9.99. The van der Waals surface area contributed by atoms with Gasteiger partial charge in [0.25, 0.3) is 0 Å². The smallest absolute Gasteiger partial charge is 0.337 e. The molecule has 0 aromatic heterocycles. The predicted molar refractivity (Wildman–Crippen MR) is 138 cm³/mol. The number of carboxylic acid groups (broad SMARTS) is 1. The van der Waals surface area contributed by atoms with Crippen LogP contribution in [0.25, 0.3) is 11.1 Å². The number of aromatic carboxylic acids is 1. The second-order valence-electron chi connectivity index (χ2n) is 8.10. The van der Waals surface area contributed by atoms with E-state index in [0.29, 0.717) is 0 Å². The molecule has 0 atom stereocenters. The number of carbonyl (C=O) groups excluding carboxylic acids is 1. The lowest BCUT2D eigenvalue weighted by molar-refractivity contribution is 0.0599. The summed E-state index contributed by atoms with van der Waals surface area (Å²) in [5.41, 5.74) is 0.118. The molecule has 194 valence electrons. The highest BCUT2D eigenvalue weighted by Crippen LogP contribution is 2.49. The highest BCUT2D eigenvalue weighted by Gasteiger charge is 2.21. The number of benzene rings is 4. The van der Waals surface area contributed by atoms with Crippen molar-refractivity contribution in [2.45, 2.75) is 0 Å². The molecular weight excluding hydrogens is 496 g/mol. The molecule has 0 fully saturated rings. The minimum absolute atomic E-state index is 0.0305. The minimum Gasteiger partial charge on any atom is -0.507 e. The fourth-order valence-corrected chi connectivity index (χ4v) is 3.85. The number of aromatic hydroxyl groups is 5. The number of hydrogen-bond acceptors (Lipinski definition) is 10. The van der Waals surface area contributed by atoms with Crippen LogP contribution in [0.4, 0.5) is 22.7 Å². The maximum Gasteiger partial charge on any atom is 0.337 e. The van der Waals surface area contributed by atoms with E-state index in [9.17, 15) is 40.2 Å². The topological polar surface area (TPSA) is 189 Å². The van der Waals surface area contributed by atoms with Crippen LogP contribution in [0.1, 0.15) is 20.7 Å². The summed E-state index contributed by atoms with van der Waals surface area (Å²) in [4.78, 5) is 23.2. The molecule has 0 aliphatic heterocycles. The van der Waals surface area contributed by atoms with Crippen molar-refractivity contribution in [1.29, 1.82) is 0 Å². The van der Waals surface area contributed by atoms with Crippen molar-refractivity contribution in [3.8, 4) is 39.9 Å². The molecule has 0 aliphatic carbocycles. The van der Waals surface area contributed by atoms with Gasteiger partial charge in [-0.1, -0.05) is 12.1 Å². The molecule has 11 nitrogen and oxygen atoms in total. The van der Waals surface area contributed by atoms with Gasteiger partial charge in [-0.05, 0) is 30.3 Å². The lowest BCUT2D eigenvalue weighted by Crippen LogP contribution is -2.02. The Kier molecular flexibility index (Phi) is 6.84. The summed E-state index contributed by atoms with van der Waals surface area (Å²) in [5.74, 6) is -4.12. The van der Waals surface area contributed by atoms with Crippen molar-refractivity contribution in [3.05, 3.63) is 77.9 Å². The van der Waals surface area contributed by atoms with Gasteiger partial charge < -0.3 is 46.0 Å². The van der Waals surface area contributed by atoms with E-state index in [-0.39, 0.29) is 50.8 Å². The number of rotatable bonds is 7. The van der Waals surface area contributed by atoms with Gasteiger partial charge >= 0.3 is 11.9 Å². The van der Waals surface area contributed by atoms with Crippen LogP contribution in [0.5, 0.6) is 28.7 Å². The van der Waals surface area contributed by atoms with E-state index in [4.69, 9.17) is 0 Å². The van der Waals surface area contributed by atoms with Crippen molar-refractivity contribution in [1.82, 2.24) is 0 Å². The number of phenols is 5. The van der Waals surface area contributed by atoms with Gasteiger partial charge in [-0.25, -0.2) is 9.59 Å². The summed E-state index contributed by atoms with van der Waals surface area (Å²) in [7, 11) is 1.21. The van der Waals surface area contributed by atoms with E-state index in [2.05, 4.69) is 15.4 Å². The maximum absolute atomic E-state index is 11.8. The largest absolute Gasteiger partial charge is 0.507 e. The van der Waals surface area contributed by atoms with Crippen molar-refractivity contribution in [2.24, 2.45) is 0 Å². The van der Waals surface area contributed by atoms with E-state index in [1.54, 1.807) is 12.1 Å². The van der Waals surface area contributed by atoms with Crippen LogP contribution in [0.2, 0.25) is 0 Å². The second kappa shape index (κ2) is 10.2. The average Bonchev–Trinajstić information content (AvgIpc) is 2.86. The highest BCUT2D eigenvalue weighted by atomic mass is 16.5. The van der Waals surface area contributed by atoms with E-state index < -0.39 is 34.9 Å². The Morgan fingerprint density at radius 2 is 1.16 bits per heavy atom. The van der Waals surface area contributed by atoms with Gasteiger partial charge in [-0.15, -0.1) is 0 Å². The lowest BCUT2D eigenvalue weighted by Gasteiger charge is -2.16. The van der Waals surface area contributed by atoms with Crippen LogP contribution in [0.3, 0.4) is 0 Å². The third-order valence-corrected chi connectivity index (χ3v) is 5.58. The van der Waals surface area contributed by atoms with Gasteiger partial charge in [0.05, 0.1) is 40.7 Å². The first-order chi connectivity index (χ1) is 18.1. The molecule has 8 N–H and O–H groups in total. The number of ether oxygens (including phenoxy) is 1. The van der Waals surface area contributed by atoms with E-state index in [1.807, 2.05) is 0 Å². The predicted octanol–water partition coefficient (Wildman–Crippen LogP) is 4.85. The molecule has 11 heteroatoms. The Balaban J connectivity index is 1.67. The van der Waals surface area contributed by atoms with Crippen LogP contribution in [-0.2, 0) is 4.74 Å². The van der Waals surface area contributed by atoms with Crippen LogP contribution < -0.4 is 10.6 Å². The van der Waals surface area contributed by atoms with Crippen LogP contribution >= 0.6 is 0 Å². The molecule has 4 aromatic carbocycles. The zero-order valence-electron chi connectivity index (χ0n) is 19.8. The summed E-state index contributed by atoms with van der Waals surface area (Å²) in [6.07, 6.45) is 0. The van der Waals surface area contributed by atoms with Crippen LogP contribution in [-0.4, -0.2) is 49.7 Å². The second-order valence-corrected chi connectivity index (χ2v) is 8.10. The van der Waals surface area contributed by atoms with Crippen molar-refractivity contribution < 1.29 is 45.0 Å². The number of para-hydroxylation sites is 1. The molecule has 0 aliphatic rings. The van der Waals surface area contributed by atoms with Gasteiger partial charge in [0.15, 0.2) is 0 Å². The zero-order chi connectivity index (χ0) is 27.6. The third kappa shape index (κ3) is 5.02. The molecule has 0 saturated carbocycles. The number of anilines is 4. The molecular formula is C27H22N2O9. The molecule has 4 aromatic rings. The molecule has 0 radical (unpaired) electrons. The van der Waals surface area contributed by atoms with E-state index >= 15 is 0 Å². The van der Waals surface area contributed by atoms with Crippen LogP contribution in [0, 0.1) is 0 Å². The number of methoxy groups -OCH3 is 1. The third-order valence-electron chi connectivity index (χ3n) is 5.58.